The van der Waals surface area contributed by atoms with Crippen LogP contribution in [-0.4, -0.2) is 36.5 Å². The highest BCUT2D eigenvalue weighted by Gasteiger charge is 2.11. The summed E-state index contributed by atoms with van der Waals surface area (Å²) in [6, 6.07) is 10.5. The second-order valence-corrected chi connectivity index (χ2v) is 6.98. The predicted octanol–water partition coefficient (Wildman–Crippen LogP) is 1.03. The quantitative estimate of drug-likeness (QED) is 0.496. The number of esters is 1. The Bertz CT molecular complexity index is 1370. The number of nitrogens with zero attached hydrogens (tertiary/aromatic N) is 4. The van der Waals surface area contributed by atoms with E-state index in [1.165, 1.54) is 16.2 Å². The van der Waals surface area contributed by atoms with E-state index >= 15 is 0 Å². The molecule has 0 saturated carbocycles. The number of imidazole rings is 2. The summed E-state index contributed by atoms with van der Waals surface area (Å²) in [6.45, 7) is -0.000967. The molecule has 0 aliphatic heterocycles. The number of rotatable bonds is 2. The van der Waals surface area contributed by atoms with E-state index in [4.69, 9.17) is 5.11 Å². The maximum Gasteiger partial charge on any atom is 0.337 e. The minimum atomic E-state index is -0.404. The van der Waals surface area contributed by atoms with Crippen molar-refractivity contribution in [1.29, 1.82) is 0 Å². The van der Waals surface area contributed by atoms with E-state index in [1.807, 2.05) is 18.2 Å². The molecule has 0 spiro atoms. The van der Waals surface area contributed by atoms with Crippen LogP contribution in [0.3, 0.4) is 0 Å². The first-order valence-electron chi connectivity index (χ1n) is 9.20. The van der Waals surface area contributed by atoms with Crippen molar-refractivity contribution in [2.45, 2.75) is 6.61 Å². The van der Waals surface area contributed by atoms with Crippen LogP contribution in [0.25, 0.3) is 22.1 Å². The lowest BCUT2D eigenvalue weighted by Gasteiger charge is -2.00. The smallest absolute Gasteiger partial charge is 0.337 e. The number of ether oxygens (including phenoxy) is 1. The Morgan fingerprint density at radius 3 is 1.77 bits per heavy atom. The summed E-state index contributed by atoms with van der Waals surface area (Å²) in [7, 11) is 8.17. The topological polar surface area (TPSA) is 100 Å². The lowest BCUT2D eigenvalue weighted by Crippen LogP contribution is -2.19. The SMILES string of the molecule is COC(=O)c1ccc2c(c1)n(C)c(=O)n2C.Cn1c(=O)n(C)c2cc(CO)ccc21. The fourth-order valence-corrected chi connectivity index (χ4v) is 3.40. The van der Waals surface area contributed by atoms with Gasteiger partial charge >= 0.3 is 17.3 Å². The van der Waals surface area contributed by atoms with Gasteiger partial charge in [-0.1, -0.05) is 6.07 Å². The van der Waals surface area contributed by atoms with E-state index in [2.05, 4.69) is 4.74 Å². The molecule has 1 N–H and O–H groups in total. The molecule has 4 rings (SSSR count). The Labute approximate surface area is 172 Å². The Kier molecular flexibility index (Phi) is 5.66. The highest BCUT2D eigenvalue weighted by atomic mass is 16.5. The van der Waals surface area contributed by atoms with Crippen molar-refractivity contribution in [1.82, 2.24) is 18.3 Å². The fourth-order valence-electron chi connectivity index (χ4n) is 3.40. The van der Waals surface area contributed by atoms with Crippen molar-refractivity contribution in [3.05, 3.63) is 68.5 Å². The molecule has 4 aromatic rings. The van der Waals surface area contributed by atoms with Crippen molar-refractivity contribution in [3.63, 3.8) is 0 Å². The van der Waals surface area contributed by atoms with Gasteiger partial charge in [-0.15, -0.1) is 0 Å². The van der Waals surface area contributed by atoms with Gasteiger partial charge < -0.3 is 9.84 Å². The first-order valence-corrected chi connectivity index (χ1v) is 9.20. The van der Waals surface area contributed by atoms with Gasteiger partial charge in [-0.05, 0) is 35.9 Å². The van der Waals surface area contributed by atoms with Gasteiger partial charge in [0.2, 0.25) is 0 Å². The van der Waals surface area contributed by atoms with E-state index < -0.39 is 5.97 Å². The highest BCUT2D eigenvalue weighted by Crippen LogP contribution is 2.15. The normalized spacial score (nSPS) is 10.9. The van der Waals surface area contributed by atoms with Crippen molar-refractivity contribution in [2.75, 3.05) is 7.11 Å². The fraction of sp³-hybridized carbons (Fsp3) is 0.286. The van der Waals surface area contributed by atoms with Crippen LogP contribution < -0.4 is 11.4 Å². The molecule has 2 aromatic heterocycles. The Morgan fingerprint density at radius 1 is 0.800 bits per heavy atom. The third-order valence-electron chi connectivity index (χ3n) is 5.21. The van der Waals surface area contributed by atoms with Crippen LogP contribution in [0.4, 0.5) is 0 Å². The zero-order valence-electron chi connectivity index (χ0n) is 17.5. The third-order valence-corrected chi connectivity index (χ3v) is 5.21. The van der Waals surface area contributed by atoms with Gasteiger partial charge in [0.25, 0.3) is 0 Å². The molecule has 0 saturated heterocycles. The van der Waals surface area contributed by atoms with Gasteiger partial charge in [0, 0.05) is 28.2 Å². The molecular weight excluding hydrogens is 388 g/mol. The summed E-state index contributed by atoms with van der Waals surface area (Å²) < 4.78 is 10.8. The molecule has 0 amide bonds. The Hall–Kier alpha value is -3.59. The largest absolute Gasteiger partial charge is 0.465 e. The van der Waals surface area contributed by atoms with Crippen molar-refractivity contribution >= 4 is 28.0 Å². The van der Waals surface area contributed by atoms with E-state index in [1.54, 1.807) is 55.5 Å². The molecule has 158 valence electrons. The molecule has 2 aromatic carbocycles. The number of benzene rings is 2. The average Bonchev–Trinajstić information content (AvgIpc) is 3.13. The first kappa shape index (κ1) is 21.1. The molecule has 2 heterocycles. The van der Waals surface area contributed by atoms with Crippen LogP contribution in [-0.2, 0) is 39.5 Å². The van der Waals surface area contributed by atoms with Gasteiger partial charge in [-0.2, -0.15) is 0 Å². The molecule has 9 nitrogen and oxygen atoms in total. The Balaban J connectivity index is 0.000000172. The van der Waals surface area contributed by atoms with E-state index in [9.17, 15) is 14.4 Å². The lowest BCUT2D eigenvalue weighted by atomic mass is 10.2. The number of aliphatic hydroxyl groups is 1. The second kappa shape index (κ2) is 8.03. The number of aromatic nitrogens is 4. The Morgan fingerprint density at radius 2 is 1.27 bits per heavy atom. The van der Waals surface area contributed by atoms with E-state index in [-0.39, 0.29) is 18.0 Å². The van der Waals surface area contributed by atoms with Crippen molar-refractivity contribution in [3.8, 4) is 0 Å². The average molecular weight is 412 g/mol. The third kappa shape index (κ3) is 3.43. The molecule has 0 fully saturated rings. The van der Waals surface area contributed by atoms with Gasteiger partial charge in [-0.3, -0.25) is 18.3 Å². The maximum absolute atomic E-state index is 11.6. The van der Waals surface area contributed by atoms with Crippen LogP contribution >= 0.6 is 0 Å². The van der Waals surface area contributed by atoms with Crippen LogP contribution in [0.5, 0.6) is 0 Å². The van der Waals surface area contributed by atoms with E-state index in [0.717, 1.165) is 27.6 Å². The summed E-state index contributed by atoms with van der Waals surface area (Å²) in [5.41, 5.74) is 4.34. The number of carbonyl (C=O) groups is 1. The zero-order chi connectivity index (χ0) is 22.2. The number of hydrogen-bond acceptors (Lipinski definition) is 5. The molecule has 0 radical (unpaired) electrons. The zero-order valence-corrected chi connectivity index (χ0v) is 17.5. The molecule has 0 unspecified atom stereocenters. The minimum Gasteiger partial charge on any atom is -0.465 e. The molecular formula is C21H24N4O5. The van der Waals surface area contributed by atoms with Crippen LogP contribution in [0.2, 0.25) is 0 Å². The number of methoxy groups -OCH3 is 1. The lowest BCUT2D eigenvalue weighted by molar-refractivity contribution is 0.0601. The number of fused-ring (bicyclic) bond motifs is 2. The summed E-state index contributed by atoms with van der Waals surface area (Å²) in [5, 5.41) is 8.97. The van der Waals surface area contributed by atoms with Crippen molar-refractivity contribution < 1.29 is 14.6 Å². The van der Waals surface area contributed by atoms with Crippen LogP contribution in [0.1, 0.15) is 15.9 Å². The van der Waals surface area contributed by atoms with Gasteiger partial charge in [0.1, 0.15) is 0 Å². The monoisotopic (exact) mass is 412 g/mol. The second-order valence-electron chi connectivity index (χ2n) is 6.98. The van der Waals surface area contributed by atoms with Crippen molar-refractivity contribution in [2.24, 2.45) is 28.2 Å². The van der Waals surface area contributed by atoms with E-state index in [0.29, 0.717) is 5.56 Å². The van der Waals surface area contributed by atoms with Gasteiger partial charge in [0.05, 0.1) is 41.3 Å². The molecule has 0 aliphatic carbocycles. The van der Waals surface area contributed by atoms with Crippen LogP contribution in [0.15, 0.2) is 46.0 Å². The minimum absolute atomic E-state index is 0.000967. The number of hydrogen-bond donors (Lipinski definition) is 1. The summed E-state index contributed by atoms with van der Waals surface area (Å²) in [4.78, 5) is 34.5. The van der Waals surface area contributed by atoms with Gasteiger partial charge in [-0.25, -0.2) is 14.4 Å². The molecule has 0 bridgehead atoms. The maximum atomic E-state index is 11.6. The molecule has 0 aliphatic rings. The molecule has 30 heavy (non-hydrogen) atoms. The van der Waals surface area contributed by atoms with Crippen LogP contribution in [0, 0.1) is 0 Å². The number of aliphatic hydroxyl groups excluding tert-OH is 1. The molecule has 0 atom stereocenters. The first-order chi connectivity index (χ1) is 14.2. The molecule has 9 heteroatoms. The number of carbonyl (C=O) groups excluding carboxylic acids is 1. The standard InChI is InChI=1S/C11H12N2O3.C10H12N2O2/c1-12-8-5-4-7(10(14)16-3)6-9(8)13(2)11(12)15;1-11-8-4-3-7(6-13)5-9(8)12(2)10(11)14/h4-6H,1-3H3;3-5,13H,6H2,1-2H3. The number of aryl methyl sites for hydroxylation is 4. The predicted molar refractivity (Wildman–Crippen MR) is 114 cm³/mol. The highest BCUT2D eigenvalue weighted by molar-refractivity contribution is 5.93. The summed E-state index contributed by atoms with van der Waals surface area (Å²) >= 11 is 0. The van der Waals surface area contributed by atoms with Gasteiger partial charge in [0.15, 0.2) is 0 Å². The summed E-state index contributed by atoms with van der Waals surface area (Å²) in [5.74, 6) is -0.404. The summed E-state index contributed by atoms with van der Waals surface area (Å²) in [6.07, 6.45) is 0.